The van der Waals surface area contributed by atoms with E-state index in [0.717, 1.165) is 29.9 Å². The van der Waals surface area contributed by atoms with Gasteiger partial charge in [-0.15, -0.1) is 10.2 Å². The molecule has 1 aliphatic heterocycles. The van der Waals surface area contributed by atoms with Crippen molar-refractivity contribution in [2.45, 2.75) is 18.9 Å². The number of aromatic nitrogens is 2. The van der Waals surface area contributed by atoms with E-state index < -0.39 is 11.7 Å². The van der Waals surface area contributed by atoms with Gasteiger partial charge in [0.15, 0.2) is 0 Å². The lowest BCUT2D eigenvalue weighted by Gasteiger charge is -2.23. The van der Waals surface area contributed by atoms with Crippen molar-refractivity contribution in [1.82, 2.24) is 15.1 Å². The van der Waals surface area contributed by atoms with Gasteiger partial charge in [0, 0.05) is 17.9 Å². The largest absolute Gasteiger partial charge is 0.322 e. The summed E-state index contributed by atoms with van der Waals surface area (Å²) in [7, 11) is 0. The Morgan fingerprint density at radius 1 is 1.03 bits per heavy atom. The van der Waals surface area contributed by atoms with Gasteiger partial charge in [-0.3, -0.25) is 4.79 Å². The van der Waals surface area contributed by atoms with Gasteiger partial charge in [-0.2, -0.15) is 0 Å². The van der Waals surface area contributed by atoms with Crippen LogP contribution in [0.1, 0.15) is 33.7 Å². The lowest BCUT2D eigenvalue weighted by molar-refractivity contribution is 0.102. The molecule has 148 valence electrons. The van der Waals surface area contributed by atoms with Crippen LogP contribution < -0.4 is 10.6 Å². The molecule has 7 nitrogen and oxygen atoms in total. The van der Waals surface area contributed by atoms with E-state index in [0.29, 0.717) is 17.2 Å². The molecule has 3 aromatic rings. The van der Waals surface area contributed by atoms with Crippen molar-refractivity contribution < 1.29 is 14.0 Å². The Morgan fingerprint density at radius 3 is 2.62 bits per heavy atom. The number of carbonyl (C=O) groups is 2. The van der Waals surface area contributed by atoms with E-state index in [-0.39, 0.29) is 17.1 Å². The fourth-order valence-corrected chi connectivity index (χ4v) is 4.08. The molecule has 1 unspecified atom stereocenters. The number of amides is 3. The zero-order chi connectivity index (χ0) is 20.2. The first kappa shape index (κ1) is 19.0. The highest BCUT2D eigenvalue weighted by Crippen LogP contribution is 2.34. The molecule has 1 aliphatic rings. The molecule has 1 aromatic heterocycles. The number of carbonyl (C=O) groups excluding carboxylic acids is 2. The van der Waals surface area contributed by atoms with Gasteiger partial charge in [0.25, 0.3) is 5.91 Å². The summed E-state index contributed by atoms with van der Waals surface area (Å²) in [6.45, 7) is 0.605. The van der Waals surface area contributed by atoms with E-state index in [1.54, 1.807) is 11.0 Å². The first-order chi connectivity index (χ1) is 14.1. The molecule has 4 rings (SSSR count). The van der Waals surface area contributed by atoms with Crippen molar-refractivity contribution >= 4 is 34.6 Å². The summed E-state index contributed by atoms with van der Waals surface area (Å²) in [6.07, 6.45) is 1.60. The molecule has 0 spiro atoms. The lowest BCUT2D eigenvalue weighted by Crippen LogP contribution is -2.34. The number of urea groups is 1. The highest BCUT2D eigenvalue weighted by atomic mass is 32.1. The number of hydrogen-bond donors (Lipinski definition) is 2. The van der Waals surface area contributed by atoms with Crippen molar-refractivity contribution in [1.29, 1.82) is 0 Å². The number of likely N-dealkylation sites (tertiary alicyclic amines) is 1. The summed E-state index contributed by atoms with van der Waals surface area (Å²) in [4.78, 5) is 26.8. The Hall–Kier alpha value is -3.33. The van der Waals surface area contributed by atoms with Gasteiger partial charge in [-0.25, -0.2) is 9.18 Å². The van der Waals surface area contributed by atoms with Crippen LogP contribution in [0.25, 0.3) is 0 Å². The molecule has 0 aliphatic carbocycles. The van der Waals surface area contributed by atoms with Crippen molar-refractivity contribution in [3.8, 4) is 0 Å². The second kappa shape index (κ2) is 8.36. The second-order valence-electron chi connectivity index (χ2n) is 6.56. The third-order valence-electron chi connectivity index (χ3n) is 4.54. The topological polar surface area (TPSA) is 87.2 Å². The van der Waals surface area contributed by atoms with Gasteiger partial charge in [0.2, 0.25) is 5.01 Å². The zero-order valence-electron chi connectivity index (χ0n) is 15.3. The van der Waals surface area contributed by atoms with E-state index in [1.165, 1.54) is 18.2 Å². The normalized spacial score (nSPS) is 15.9. The van der Waals surface area contributed by atoms with E-state index >= 15 is 0 Å². The van der Waals surface area contributed by atoms with E-state index in [2.05, 4.69) is 20.8 Å². The third-order valence-corrected chi connectivity index (χ3v) is 5.56. The van der Waals surface area contributed by atoms with Crippen LogP contribution in [-0.2, 0) is 0 Å². The van der Waals surface area contributed by atoms with Crippen LogP contribution in [0.2, 0.25) is 0 Å². The second-order valence-corrected chi connectivity index (χ2v) is 7.57. The maximum Gasteiger partial charge on any atom is 0.322 e. The lowest BCUT2D eigenvalue weighted by atomic mass is 10.2. The molecule has 2 N–H and O–H groups in total. The van der Waals surface area contributed by atoms with Gasteiger partial charge < -0.3 is 15.5 Å². The number of rotatable bonds is 4. The Kier molecular flexibility index (Phi) is 5.48. The Morgan fingerprint density at radius 2 is 1.83 bits per heavy atom. The molecule has 0 radical (unpaired) electrons. The first-order valence-corrected chi connectivity index (χ1v) is 9.95. The number of nitrogens with zero attached hydrogens (tertiary/aromatic N) is 3. The van der Waals surface area contributed by atoms with Crippen LogP contribution in [0, 0.1) is 5.82 Å². The quantitative estimate of drug-likeness (QED) is 0.670. The van der Waals surface area contributed by atoms with Crippen molar-refractivity contribution in [3.05, 3.63) is 70.4 Å². The molecular formula is C20H18FN5O2S. The first-order valence-electron chi connectivity index (χ1n) is 9.13. The minimum atomic E-state index is -0.461. The highest BCUT2D eigenvalue weighted by Gasteiger charge is 2.33. The Bertz CT molecular complexity index is 1030. The number of anilines is 2. The zero-order valence-corrected chi connectivity index (χ0v) is 16.2. The maximum atomic E-state index is 13.3. The van der Waals surface area contributed by atoms with Crippen LogP contribution in [-0.4, -0.2) is 33.6 Å². The van der Waals surface area contributed by atoms with Crippen molar-refractivity contribution in [2.75, 3.05) is 17.2 Å². The summed E-state index contributed by atoms with van der Waals surface area (Å²) in [5.74, 6) is -0.899. The predicted octanol–water partition coefficient (Wildman–Crippen LogP) is 4.30. The Labute approximate surface area is 170 Å². The molecule has 1 saturated heterocycles. The number of hydrogen-bond acceptors (Lipinski definition) is 5. The van der Waals surface area contributed by atoms with Crippen LogP contribution in [0.4, 0.5) is 20.6 Å². The van der Waals surface area contributed by atoms with Crippen LogP contribution >= 0.6 is 11.3 Å². The number of para-hydroxylation sites is 1. The fraction of sp³-hybridized carbons (Fsp3) is 0.200. The van der Waals surface area contributed by atoms with Crippen molar-refractivity contribution in [2.24, 2.45) is 0 Å². The molecule has 29 heavy (non-hydrogen) atoms. The third kappa shape index (κ3) is 4.40. The number of halogens is 1. The summed E-state index contributed by atoms with van der Waals surface area (Å²) in [6, 6.07) is 14.4. The molecular weight excluding hydrogens is 393 g/mol. The number of benzene rings is 2. The monoisotopic (exact) mass is 411 g/mol. The molecule has 0 saturated carbocycles. The minimum absolute atomic E-state index is 0.166. The van der Waals surface area contributed by atoms with Crippen molar-refractivity contribution in [3.63, 3.8) is 0 Å². The smallest absolute Gasteiger partial charge is 0.320 e. The molecule has 0 bridgehead atoms. The average molecular weight is 411 g/mol. The van der Waals surface area contributed by atoms with Gasteiger partial charge in [-0.05, 0) is 43.2 Å². The summed E-state index contributed by atoms with van der Waals surface area (Å²) < 4.78 is 13.3. The van der Waals surface area contributed by atoms with E-state index in [1.807, 2.05) is 30.3 Å². The molecule has 3 amide bonds. The Balaban J connectivity index is 1.45. The van der Waals surface area contributed by atoms with Gasteiger partial charge in [-0.1, -0.05) is 35.6 Å². The van der Waals surface area contributed by atoms with E-state index in [9.17, 15) is 14.0 Å². The maximum absolute atomic E-state index is 13.3. The minimum Gasteiger partial charge on any atom is -0.320 e. The average Bonchev–Trinajstić information content (AvgIpc) is 3.38. The van der Waals surface area contributed by atoms with Gasteiger partial charge >= 0.3 is 6.03 Å². The predicted molar refractivity (Wildman–Crippen MR) is 108 cm³/mol. The SMILES string of the molecule is O=C(Nc1cccc(F)c1)c1nnc(C2CCCN2C(=O)Nc2ccccc2)s1. The summed E-state index contributed by atoms with van der Waals surface area (Å²) in [5, 5.41) is 14.3. The highest BCUT2D eigenvalue weighted by molar-refractivity contribution is 7.13. The summed E-state index contributed by atoms with van der Waals surface area (Å²) in [5.41, 5.74) is 1.06. The van der Waals surface area contributed by atoms with E-state index in [4.69, 9.17) is 0 Å². The summed E-state index contributed by atoms with van der Waals surface area (Å²) >= 11 is 1.14. The molecule has 1 atom stereocenters. The number of nitrogens with one attached hydrogen (secondary N) is 2. The molecule has 1 fully saturated rings. The van der Waals surface area contributed by atoms with Gasteiger partial charge in [0.05, 0.1) is 6.04 Å². The molecule has 2 heterocycles. The van der Waals surface area contributed by atoms with Crippen LogP contribution in [0.3, 0.4) is 0 Å². The van der Waals surface area contributed by atoms with Gasteiger partial charge in [0.1, 0.15) is 10.8 Å². The molecule has 9 heteroatoms. The van der Waals surface area contributed by atoms with Crippen LogP contribution in [0.5, 0.6) is 0 Å². The van der Waals surface area contributed by atoms with Crippen LogP contribution in [0.15, 0.2) is 54.6 Å². The standard InChI is InChI=1S/C20H18FN5O2S/c21-13-6-4-9-15(12-13)22-17(27)19-25-24-18(29-19)16-10-5-11-26(16)20(28)23-14-7-2-1-3-8-14/h1-4,6-9,12,16H,5,10-11H2,(H,22,27)(H,23,28). The molecule has 2 aromatic carbocycles. The fourth-order valence-electron chi connectivity index (χ4n) is 3.20.